The minimum atomic E-state index is -0.454. The molecule has 0 radical (unpaired) electrons. The Kier molecular flexibility index (Phi) is 8.82. The Hall–Kier alpha value is -1.80. The number of rotatable bonds is 6. The first-order valence-electron chi connectivity index (χ1n) is 9.33. The third-order valence-electron chi connectivity index (χ3n) is 4.48. The smallest absolute Gasteiger partial charge is 0.266 e. The Balaban J connectivity index is 1.79. The van der Waals surface area contributed by atoms with Crippen molar-refractivity contribution in [2.75, 3.05) is 5.32 Å². The second-order valence-corrected chi connectivity index (χ2v) is 9.94. The van der Waals surface area contributed by atoms with E-state index in [2.05, 4.69) is 50.5 Å². The summed E-state index contributed by atoms with van der Waals surface area (Å²) in [5.41, 5.74) is 3.16. The van der Waals surface area contributed by atoms with Gasteiger partial charge in [-0.2, -0.15) is 5.26 Å². The molecule has 3 aromatic rings. The van der Waals surface area contributed by atoms with Gasteiger partial charge in [0, 0.05) is 21.3 Å². The summed E-state index contributed by atoms with van der Waals surface area (Å²) >= 11 is 16.5. The van der Waals surface area contributed by atoms with Crippen LogP contribution in [-0.4, -0.2) is 5.91 Å². The fourth-order valence-corrected chi connectivity index (χ4v) is 5.40. The molecule has 0 bridgehead atoms. The summed E-state index contributed by atoms with van der Waals surface area (Å²) in [5.74, 6) is 0.252. The van der Waals surface area contributed by atoms with E-state index in [-0.39, 0.29) is 5.57 Å². The lowest BCUT2D eigenvalue weighted by Crippen LogP contribution is -2.14. The number of aryl methyl sites for hydroxylation is 1. The quantitative estimate of drug-likeness (QED) is 0.165. The van der Waals surface area contributed by atoms with Gasteiger partial charge in [0.15, 0.2) is 0 Å². The number of para-hydroxylation sites is 1. The van der Waals surface area contributed by atoms with Crippen molar-refractivity contribution in [3.8, 4) is 11.8 Å². The number of nitrogens with zero attached hydrogens (tertiary/aromatic N) is 1. The number of anilines is 1. The Bertz CT molecular complexity index is 1230. The van der Waals surface area contributed by atoms with Gasteiger partial charge in [0.05, 0.1) is 7.14 Å². The van der Waals surface area contributed by atoms with E-state index in [9.17, 15) is 10.1 Å². The lowest BCUT2D eigenvalue weighted by Gasteiger charge is -2.13. The van der Waals surface area contributed by atoms with Crippen molar-refractivity contribution in [3.63, 3.8) is 0 Å². The molecule has 0 fully saturated rings. The Morgan fingerprint density at radius 1 is 1.12 bits per heavy atom. The van der Waals surface area contributed by atoms with Crippen LogP contribution in [0.25, 0.3) is 6.08 Å². The normalized spacial score (nSPS) is 11.1. The van der Waals surface area contributed by atoms with Gasteiger partial charge >= 0.3 is 0 Å². The number of nitrogens with one attached hydrogen (secondary N) is 1. The molecule has 1 N–H and O–H groups in total. The van der Waals surface area contributed by atoms with E-state index in [1.807, 2.05) is 49.4 Å². The molecule has 3 rings (SSSR count). The van der Waals surface area contributed by atoms with Crippen LogP contribution in [0.1, 0.15) is 16.7 Å². The maximum atomic E-state index is 12.6. The van der Waals surface area contributed by atoms with Crippen LogP contribution in [-0.2, 0) is 11.4 Å². The molecule has 0 aliphatic carbocycles. The molecule has 0 aliphatic heterocycles. The largest absolute Gasteiger partial charge is 0.487 e. The molecule has 0 spiro atoms. The molecule has 0 unspecified atom stereocenters. The van der Waals surface area contributed by atoms with E-state index in [4.69, 9.17) is 27.9 Å². The van der Waals surface area contributed by atoms with E-state index >= 15 is 0 Å². The van der Waals surface area contributed by atoms with Crippen LogP contribution in [0.15, 0.2) is 60.2 Å². The van der Waals surface area contributed by atoms with Crippen molar-refractivity contribution in [3.05, 3.63) is 94.0 Å². The Morgan fingerprint density at radius 2 is 1.81 bits per heavy atom. The highest BCUT2D eigenvalue weighted by atomic mass is 127. The minimum Gasteiger partial charge on any atom is -0.487 e. The molecule has 8 heteroatoms. The van der Waals surface area contributed by atoms with Gasteiger partial charge in [0.25, 0.3) is 5.91 Å². The highest BCUT2D eigenvalue weighted by molar-refractivity contribution is 14.1. The molecule has 0 aliphatic rings. The van der Waals surface area contributed by atoms with Crippen molar-refractivity contribution in [2.24, 2.45) is 0 Å². The fourth-order valence-electron chi connectivity index (χ4n) is 2.81. The highest BCUT2D eigenvalue weighted by Crippen LogP contribution is 2.31. The molecule has 1 amide bonds. The number of halogens is 4. The number of carbonyl (C=O) groups excluding carboxylic acids is 1. The van der Waals surface area contributed by atoms with Gasteiger partial charge in [0.1, 0.15) is 24.0 Å². The summed E-state index contributed by atoms with van der Waals surface area (Å²) in [6.45, 7) is 2.19. The standard InChI is InChI=1S/C24H16Cl2I2N2O2/c1-14-4-2-3-5-22(14)30-24(31)17(12-29)8-15-9-20(27)23(21(28)10-15)32-13-16-6-7-18(25)11-19(16)26/h2-11H,13H2,1H3,(H,30,31)/b17-8-. The number of benzene rings is 3. The molecular formula is C24H16Cl2I2N2O2. The van der Waals surface area contributed by atoms with Crippen molar-refractivity contribution in [1.82, 2.24) is 0 Å². The average Bonchev–Trinajstić information content (AvgIpc) is 2.74. The molecule has 0 saturated heterocycles. The highest BCUT2D eigenvalue weighted by Gasteiger charge is 2.14. The van der Waals surface area contributed by atoms with Gasteiger partial charge in [-0.25, -0.2) is 0 Å². The maximum absolute atomic E-state index is 12.6. The van der Waals surface area contributed by atoms with Crippen molar-refractivity contribution in [1.29, 1.82) is 5.26 Å². The van der Waals surface area contributed by atoms with Crippen LogP contribution in [0.4, 0.5) is 5.69 Å². The van der Waals surface area contributed by atoms with Gasteiger partial charge in [0.2, 0.25) is 0 Å². The lowest BCUT2D eigenvalue weighted by molar-refractivity contribution is -0.112. The van der Waals surface area contributed by atoms with Crippen LogP contribution in [0.5, 0.6) is 5.75 Å². The summed E-state index contributed by atoms with van der Waals surface area (Å²) < 4.78 is 7.69. The maximum Gasteiger partial charge on any atom is 0.266 e. The molecule has 4 nitrogen and oxygen atoms in total. The molecule has 3 aromatic carbocycles. The van der Waals surface area contributed by atoms with Crippen LogP contribution in [0.3, 0.4) is 0 Å². The molecular weight excluding hydrogens is 673 g/mol. The first-order valence-corrected chi connectivity index (χ1v) is 12.2. The summed E-state index contributed by atoms with van der Waals surface area (Å²) in [6, 6.07) is 18.4. The SMILES string of the molecule is Cc1ccccc1NC(=O)/C(C#N)=C\c1cc(I)c(OCc2ccc(Cl)cc2Cl)c(I)c1. The van der Waals surface area contributed by atoms with Gasteiger partial charge in [-0.3, -0.25) is 4.79 Å². The van der Waals surface area contributed by atoms with E-state index in [1.165, 1.54) is 0 Å². The number of hydrogen-bond acceptors (Lipinski definition) is 3. The van der Waals surface area contributed by atoms with Crippen LogP contribution >= 0.6 is 68.4 Å². The van der Waals surface area contributed by atoms with Crippen LogP contribution in [0, 0.1) is 25.4 Å². The molecule has 162 valence electrons. The summed E-state index contributed by atoms with van der Waals surface area (Å²) in [4.78, 5) is 12.6. The second kappa shape index (κ2) is 11.4. The van der Waals surface area contributed by atoms with Crippen molar-refractivity contribution >= 4 is 86.1 Å². The monoisotopic (exact) mass is 688 g/mol. The second-order valence-electron chi connectivity index (χ2n) is 6.78. The van der Waals surface area contributed by atoms with Gasteiger partial charge in [-0.05, 0) is 99.6 Å². The zero-order valence-corrected chi connectivity index (χ0v) is 22.6. The van der Waals surface area contributed by atoms with E-state index in [1.54, 1.807) is 24.3 Å². The van der Waals surface area contributed by atoms with Crippen LogP contribution < -0.4 is 10.1 Å². The van der Waals surface area contributed by atoms with Gasteiger partial charge in [-0.15, -0.1) is 0 Å². The number of hydrogen-bond donors (Lipinski definition) is 1. The number of ether oxygens (including phenoxy) is 1. The zero-order valence-electron chi connectivity index (χ0n) is 16.8. The molecule has 0 aromatic heterocycles. The number of carbonyl (C=O) groups is 1. The Labute approximate surface area is 223 Å². The van der Waals surface area contributed by atoms with E-state index in [0.29, 0.717) is 28.1 Å². The molecule has 32 heavy (non-hydrogen) atoms. The minimum absolute atomic E-state index is 0.0152. The Morgan fingerprint density at radius 3 is 2.44 bits per heavy atom. The third-order valence-corrected chi connectivity index (χ3v) is 6.67. The molecule has 0 heterocycles. The predicted octanol–water partition coefficient (Wildman–Crippen LogP) is 7.64. The van der Waals surface area contributed by atoms with Gasteiger partial charge < -0.3 is 10.1 Å². The summed E-state index contributed by atoms with van der Waals surface area (Å²) in [5, 5.41) is 13.4. The molecule has 0 saturated carbocycles. The zero-order chi connectivity index (χ0) is 23.3. The number of nitriles is 1. The first-order chi connectivity index (χ1) is 15.3. The molecule has 0 atom stereocenters. The van der Waals surface area contributed by atoms with E-state index in [0.717, 1.165) is 23.8 Å². The van der Waals surface area contributed by atoms with E-state index < -0.39 is 5.91 Å². The fraction of sp³-hybridized carbons (Fsp3) is 0.0833. The third kappa shape index (κ3) is 6.38. The topological polar surface area (TPSA) is 62.1 Å². The lowest BCUT2D eigenvalue weighted by atomic mass is 10.1. The predicted molar refractivity (Wildman–Crippen MR) is 146 cm³/mol. The summed E-state index contributed by atoms with van der Waals surface area (Å²) in [7, 11) is 0. The average molecular weight is 689 g/mol. The van der Waals surface area contributed by atoms with Crippen LogP contribution in [0.2, 0.25) is 10.0 Å². The van der Waals surface area contributed by atoms with Crippen molar-refractivity contribution < 1.29 is 9.53 Å². The van der Waals surface area contributed by atoms with Crippen molar-refractivity contribution in [2.45, 2.75) is 13.5 Å². The first kappa shape index (κ1) is 24.8. The summed E-state index contributed by atoms with van der Waals surface area (Å²) in [6.07, 6.45) is 1.57. The van der Waals surface area contributed by atoms with Gasteiger partial charge in [-0.1, -0.05) is 47.5 Å². The number of amides is 1.